The van der Waals surface area contributed by atoms with Crippen molar-refractivity contribution < 1.29 is 18.6 Å². The van der Waals surface area contributed by atoms with Gasteiger partial charge in [-0.1, -0.05) is 42.5 Å². The summed E-state index contributed by atoms with van der Waals surface area (Å²) in [5, 5.41) is 29.9. The van der Waals surface area contributed by atoms with Crippen LogP contribution in [0.3, 0.4) is 0 Å². The van der Waals surface area contributed by atoms with Crippen molar-refractivity contribution in [1.82, 2.24) is 0 Å². The lowest BCUT2D eigenvalue weighted by Crippen LogP contribution is -2.02. The Morgan fingerprint density at radius 2 is 1.59 bits per heavy atom. The Morgan fingerprint density at radius 3 is 2.24 bits per heavy atom. The lowest BCUT2D eigenvalue weighted by atomic mass is 9.99. The minimum atomic E-state index is -1.11. The molecule has 0 spiro atoms. The maximum atomic E-state index is 14.4. The van der Waals surface area contributed by atoms with Gasteiger partial charge in [0, 0.05) is 11.6 Å². The average Bonchev–Trinajstić information content (AvgIpc) is 2.71. The Labute approximate surface area is 162 Å². The summed E-state index contributed by atoms with van der Waals surface area (Å²) in [6.07, 6.45) is 0. The lowest BCUT2D eigenvalue weighted by Gasteiger charge is -2.13. The SMILES string of the molecule is O=[N+]([O-])c1ccc(N=NC(c2ccccc2)c2cccc(F)c2F)c([N+](=O)[O-])c1. The molecule has 0 radical (unpaired) electrons. The van der Waals surface area contributed by atoms with Gasteiger partial charge in [-0.05, 0) is 17.7 Å². The Kier molecular flexibility index (Phi) is 5.63. The molecule has 0 aliphatic heterocycles. The van der Waals surface area contributed by atoms with Crippen LogP contribution >= 0.6 is 0 Å². The molecule has 0 heterocycles. The van der Waals surface area contributed by atoms with Crippen LogP contribution in [0.15, 0.2) is 77.0 Å². The number of non-ortho nitro benzene ring substituents is 1. The molecule has 0 fully saturated rings. The molecule has 3 aromatic carbocycles. The van der Waals surface area contributed by atoms with Crippen LogP contribution in [0.25, 0.3) is 0 Å². The lowest BCUT2D eigenvalue weighted by molar-refractivity contribution is -0.393. The highest BCUT2D eigenvalue weighted by molar-refractivity contribution is 5.61. The van der Waals surface area contributed by atoms with E-state index in [9.17, 15) is 29.0 Å². The summed E-state index contributed by atoms with van der Waals surface area (Å²) >= 11 is 0. The molecule has 29 heavy (non-hydrogen) atoms. The number of nitro groups is 2. The second kappa shape index (κ2) is 8.30. The number of halogens is 2. The van der Waals surface area contributed by atoms with Crippen LogP contribution in [-0.2, 0) is 0 Å². The smallest absolute Gasteiger partial charge is 0.258 e. The average molecular weight is 398 g/mol. The van der Waals surface area contributed by atoms with Gasteiger partial charge in [-0.3, -0.25) is 20.2 Å². The van der Waals surface area contributed by atoms with Crippen LogP contribution in [0.4, 0.5) is 25.8 Å². The third kappa shape index (κ3) is 4.26. The Balaban J connectivity index is 2.10. The van der Waals surface area contributed by atoms with E-state index >= 15 is 0 Å². The van der Waals surface area contributed by atoms with Crippen molar-refractivity contribution in [2.24, 2.45) is 10.2 Å². The summed E-state index contributed by atoms with van der Waals surface area (Å²) < 4.78 is 28.1. The molecule has 1 atom stereocenters. The number of hydrogen-bond acceptors (Lipinski definition) is 6. The first-order chi connectivity index (χ1) is 13.9. The number of benzene rings is 3. The topological polar surface area (TPSA) is 111 Å². The zero-order valence-corrected chi connectivity index (χ0v) is 14.6. The molecular formula is C19H12F2N4O4. The van der Waals surface area contributed by atoms with E-state index < -0.39 is 38.9 Å². The predicted octanol–water partition coefficient (Wildman–Crippen LogP) is 5.65. The van der Waals surface area contributed by atoms with E-state index in [1.807, 2.05) is 0 Å². The van der Waals surface area contributed by atoms with Crippen LogP contribution in [-0.4, -0.2) is 9.85 Å². The molecule has 10 heteroatoms. The number of azo groups is 1. The highest BCUT2D eigenvalue weighted by Gasteiger charge is 2.22. The summed E-state index contributed by atoms with van der Waals surface area (Å²) in [6, 6.07) is 13.7. The van der Waals surface area contributed by atoms with E-state index in [-0.39, 0.29) is 11.3 Å². The van der Waals surface area contributed by atoms with Crippen molar-refractivity contribution in [2.45, 2.75) is 6.04 Å². The van der Waals surface area contributed by atoms with E-state index in [1.54, 1.807) is 30.3 Å². The van der Waals surface area contributed by atoms with Crippen molar-refractivity contribution in [3.63, 3.8) is 0 Å². The summed E-state index contributed by atoms with van der Waals surface area (Å²) in [6.45, 7) is 0. The van der Waals surface area contributed by atoms with E-state index in [0.717, 1.165) is 24.3 Å². The van der Waals surface area contributed by atoms with Crippen molar-refractivity contribution in [3.8, 4) is 0 Å². The van der Waals surface area contributed by atoms with Crippen LogP contribution in [0.5, 0.6) is 0 Å². The molecule has 0 bridgehead atoms. The second-order valence-corrected chi connectivity index (χ2v) is 5.86. The van der Waals surface area contributed by atoms with Gasteiger partial charge in [0.2, 0.25) is 0 Å². The molecule has 0 N–H and O–H groups in total. The molecule has 0 aromatic heterocycles. The first-order valence-electron chi connectivity index (χ1n) is 8.21. The van der Waals surface area contributed by atoms with Crippen molar-refractivity contribution in [2.75, 3.05) is 0 Å². The summed E-state index contributed by atoms with van der Waals surface area (Å²) in [7, 11) is 0. The molecule has 8 nitrogen and oxygen atoms in total. The number of nitrogens with zero attached hydrogens (tertiary/aromatic N) is 4. The maximum absolute atomic E-state index is 14.4. The first-order valence-corrected chi connectivity index (χ1v) is 8.21. The molecule has 1 unspecified atom stereocenters. The quantitative estimate of drug-likeness (QED) is 0.303. The largest absolute Gasteiger partial charge is 0.303 e. The number of rotatable bonds is 6. The fourth-order valence-electron chi connectivity index (χ4n) is 2.65. The van der Waals surface area contributed by atoms with Crippen LogP contribution in [0, 0.1) is 31.9 Å². The third-order valence-corrected chi connectivity index (χ3v) is 4.04. The van der Waals surface area contributed by atoms with Gasteiger partial charge < -0.3 is 0 Å². The molecule has 146 valence electrons. The van der Waals surface area contributed by atoms with Gasteiger partial charge in [-0.15, -0.1) is 5.11 Å². The standard InChI is InChI=1S/C19H12F2N4O4/c20-15-8-4-7-14(18(15)21)19(12-5-2-1-3-6-12)23-22-16-10-9-13(24(26)27)11-17(16)25(28)29/h1-11,19H. The fraction of sp³-hybridized carbons (Fsp3) is 0.0526. The van der Waals surface area contributed by atoms with Crippen molar-refractivity contribution >= 4 is 17.1 Å². The van der Waals surface area contributed by atoms with Crippen molar-refractivity contribution in [1.29, 1.82) is 0 Å². The molecule has 3 rings (SSSR count). The number of nitro benzene ring substituents is 2. The highest BCUT2D eigenvalue weighted by Crippen LogP contribution is 2.35. The molecule has 0 saturated heterocycles. The number of hydrogen-bond donors (Lipinski definition) is 0. The van der Waals surface area contributed by atoms with Gasteiger partial charge in [0.1, 0.15) is 6.04 Å². The van der Waals surface area contributed by atoms with E-state index in [1.165, 1.54) is 12.1 Å². The second-order valence-electron chi connectivity index (χ2n) is 5.86. The van der Waals surface area contributed by atoms with E-state index in [4.69, 9.17) is 0 Å². The molecule has 0 saturated carbocycles. The first kappa shape index (κ1) is 19.7. The summed E-state index contributed by atoms with van der Waals surface area (Å²) in [5.74, 6) is -2.18. The normalized spacial score (nSPS) is 12.1. The van der Waals surface area contributed by atoms with Gasteiger partial charge in [0.25, 0.3) is 5.69 Å². The van der Waals surface area contributed by atoms with E-state index in [0.29, 0.717) is 5.56 Å². The van der Waals surface area contributed by atoms with E-state index in [2.05, 4.69) is 10.2 Å². The van der Waals surface area contributed by atoms with Crippen molar-refractivity contribution in [3.05, 3.63) is 110 Å². The summed E-state index contributed by atoms with van der Waals surface area (Å²) in [4.78, 5) is 20.5. The maximum Gasteiger partial charge on any atom is 0.303 e. The molecule has 3 aromatic rings. The minimum absolute atomic E-state index is 0.107. The molecule has 0 aliphatic rings. The zero-order valence-electron chi connectivity index (χ0n) is 14.6. The van der Waals surface area contributed by atoms with Crippen LogP contribution in [0.1, 0.15) is 17.2 Å². The van der Waals surface area contributed by atoms with Gasteiger partial charge in [-0.25, -0.2) is 8.78 Å². The van der Waals surface area contributed by atoms with Gasteiger partial charge in [0.15, 0.2) is 17.3 Å². The highest BCUT2D eigenvalue weighted by atomic mass is 19.2. The third-order valence-electron chi connectivity index (χ3n) is 4.04. The molecule has 0 aliphatic carbocycles. The summed E-state index contributed by atoms with van der Waals surface area (Å²) in [5.41, 5.74) is -0.992. The Bertz CT molecular complexity index is 1110. The van der Waals surface area contributed by atoms with Gasteiger partial charge in [0.05, 0.1) is 15.9 Å². The molecule has 0 amide bonds. The predicted molar refractivity (Wildman–Crippen MR) is 98.9 cm³/mol. The Hall–Kier alpha value is -4.08. The van der Waals surface area contributed by atoms with Gasteiger partial charge in [-0.2, -0.15) is 5.11 Å². The zero-order chi connectivity index (χ0) is 21.0. The fourth-order valence-corrected chi connectivity index (χ4v) is 2.65. The monoisotopic (exact) mass is 398 g/mol. The van der Waals surface area contributed by atoms with Gasteiger partial charge >= 0.3 is 5.69 Å². The van der Waals surface area contributed by atoms with Crippen LogP contribution in [0.2, 0.25) is 0 Å². The minimum Gasteiger partial charge on any atom is -0.258 e. The molecular weight excluding hydrogens is 386 g/mol. The Morgan fingerprint density at radius 1 is 0.862 bits per heavy atom. The van der Waals surface area contributed by atoms with Crippen LogP contribution < -0.4 is 0 Å².